The zero-order chi connectivity index (χ0) is 14.6. The molecule has 0 aliphatic rings. The summed E-state index contributed by atoms with van der Waals surface area (Å²) >= 11 is 2.04. The lowest BCUT2D eigenvalue weighted by Crippen LogP contribution is -2.51. The topological polar surface area (TPSA) is 25.4 Å². The van der Waals surface area contributed by atoms with Crippen molar-refractivity contribution in [1.82, 2.24) is 4.40 Å². The SMILES string of the molecule is O=c1n2ccc3cccc(c[n+]1-c1c(F)cccc1I)c32. The van der Waals surface area contributed by atoms with E-state index in [-0.39, 0.29) is 5.69 Å². The van der Waals surface area contributed by atoms with Crippen molar-refractivity contribution in [3.05, 3.63) is 74.7 Å². The highest BCUT2D eigenvalue weighted by atomic mass is 127. The Labute approximate surface area is 132 Å². The van der Waals surface area contributed by atoms with E-state index < -0.39 is 5.82 Å². The van der Waals surface area contributed by atoms with E-state index in [0.29, 0.717) is 9.26 Å². The van der Waals surface area contributed by atoms with Crippen LogP contribution in [0, 0.1) is 9.39 Å². The minimum atomic E-state index is -0.408. The number of benzene rings is 2. The fourth-order valence-corrected chi connectivity index (χ4v) is 3.40. The third-order valence-corrected chi connectivity index (χ3v) is 4.47. The van der Waals surface area contributed by atoms with Gasteiger partial charge in [0.1, 0.15) is 12.4 Å². The van der Waals surface area contributed by atoms with Gasteiger partial charge in [-0.15, -0.1) is 0 Å². The van der Waals surface area contributed by atoms with Gasteiger partial charge in [0.15, 0.2) is 17.0 Å². The van der Waals surface area contributed by atoms with E-state index in [1.54, 1.807) is 28.9 Å². The lowest BCUT2D eigenvalue weighted by atomic mass is 10.2. The van der Waals surface area contributed by atoms with Crippen molar-refractivity contribution in [2.24, 2.45) is 0 Å². The van der Waals surface area contributed by atoms with E-state index in [9.17, 15) is 9.18 Å². The van der Waals surface area contributed by atoms with Crippen molar-refractivity contribution < 1.29 is 8.96 Å². The predicted octanol–water partition coefficient (Wildman–Crippen LogP) is 2.91. The molecule has 0 amide bonds. The standard InChI is InChI=1S/C16H9FIN2O/c17-12-5-2-6-13(18)15(12)20-9-11-4-1-3-10-7-8-19(14(10)11)16(20)21/h1-9H/q+1. The molecule has 0 saturated heterocycles. The van der Waals surface area contributed by atoms with Crippen molar-refractivity contribution >= 4 is 38.9 Å². The van der Waals surface area contributed by atoms with E-state index in [0.717, 1.165) is 16.3 Å². The average Bonchev–Trinajstić information content (AvgIpc) is 2.89. The summed E-state index contributed by atoms with van der Waals surface area (Å²) in [5.41, 5.74) is 0.885. The maximum atomic E-state index is 14.2. The summed E-state index contributed by atoms with van der Waals surface area (Å²) in [5.74, 6) is -0.408. The molecule has 2 aromatic heterocycles. The van der Waals surface area contributed by atoms with Crippen molar-refractivity contribution in [3.8, 4) is 5.69 Å². The summed E-state index contributed by atoms with van der Waals surface area (Å²) in [5, 5.41) is 1.90. The number of para-hydroxylation sites is 2. The van der Waals surface area contributed by atoms with Gasteiger partial charge in [-0.2, -0.15) is 13.8 Å². The highest BCUT2D eigenvalue weighted by molar-refractivity contribution is 14.1. The minimum absolute atomic E-state index is 0.272. The molecule has 4 aromatic rings. The fraction of sp³-hybridized carbons (Fsp3) is 0. The van der Waals surface area contributed by atoms with Gasteiger partial charge in [0, 0.05) is 5.39 Å². The molecular weight excluding hydrogens is 382 g/mol. The normalized spacial score (nSPS) is 11.5. The molecule has 0 radical (unpaired) electrons. The van der Waals surface area contributed by atoms with Gasteiger partial charge in [0.25, 0.3) is 0 Å². The van der Waals surface area contributed by atoms with Crippen LogP contribution in [0.2, 0.25) is 0 Å². The number of nitrogens with zero attached hydrogens (tertiary/aromatic N) is 2. The fourth-order valence-electron chi connectivity index (χ4n) is 2.68. The summed E-state index contributed by atoms with van der Waals surface area (Å²) in [4.78, 5) is 12.7. The van der Waals surface area contributed by atoms with E-state index >= 15 is 0 Å². The summed E-state index contributed by atoms with van der Waals surface area (Å²) in [7, 11) is 0. The van der Waals surface area contributed by atoms with Gasteiger partial charge < -0.3 is 0 Å². The minimum Gasteiger partial charge on any atom is -0.202 e. The predicted molar refractivity (Wildman–Crippen MR) is 86.6 cm³/mol. The van der Waals surface area contributed by atoms with Crippen molar-refractivity contribution in [2.75, 3.05) is 0 Å². The van der Waals surface area contributed by atoms with Gasteiger partial charge in [-0.1, -0.05) is 18.2 Å². The Morgan fingerprint density at radius 2 is 1.81 bits per heavy atom. The Morgan fingerprint density at radius 1 is 1.05 bits per heavy atom. The van der Waals surface area contributed by atoms with Crippen LogP contribution in [0.4, 0.5) is 4.39 Å². The molecule has 0 bridgehead atoms. The van der Waals surface area contributed by atoms with Crippen molar-refractivity contribution in [1.29, 1.82) is 0 Å². The molecule has 0 spiro atoms. The summed E-state index contributed by atoms with van der Waals surface area (Å²) < 4.78 is 17.8. The number of aromatic nitrogens is 2. The van der Waals surface area contributed by atoms with Crippen LogP contribution in [0.5, 0.6) is 0 Å². The Morgan fingerprint density at radius 3 is 2.62 bits per heavy atom. The van der Waals surface area contributed by atoms with Crippen LogP contribution in [0.25, 0.3) is 22.0 Å². The van der Waals surface area contributed by atoms with Crippen LogP contribution in [0.3, 0.4) is 0 Å². The molecule has 3 nitrogen and oxygen atoms in total. The first kappa shape index (κ1) is 12.7. The molecule has 0 saturated carbocycles. The monoisotopic (exact) mass is 391 g/mol. The molecule has 2 aromatic carbocycles. The quantitative estimate of drug-likeness (QED) is 0.362. The average molecular weight is 391 g/mol. The summed E-state index contributed by atoms with van der Waals surface area (Å²) in [6, 6.07) is 12.5. The molecule has 0 aliphatic heterocycles. The van der Waals surface area contributed by atoms with Crippen molar-refractivity contribution in [2.45, 2.75) is 0 Å². The summed E-state index contributed by atoms with van der Waals surface area (Å²) in [6.45, 7) is 0. The first-order valence-electron chi connectivity index (χ1n) is 6.39. The van der Waals surface area contributed by atoms with E-state index in [4.69, 9.17) is 0 Å². The second-order valence-electron chi connectivity index (χ2n) is 4.82. The molecule has 0 aliphatic carbocycles. The zero-order valence-corrected chi connectivity index (χ0v) is 12.9. The van der Waals surface area contributed by atoms with Crippen LogP contribution in [-0.2, 0) is 0 Å². The Bertz CT molecular complexity index is 1020. The van der Waals surface area contributed by atoms with Gasteiger partial charge in [-0.3, -0.25) is 0 Å². The maximum absolute atomic E-state index is 14.2. The molecule has 2 heterocycles. The van der Waals surface area contributed by atoms with E-state index in [1.807, 2.05) is 46.9 Å². The molecule has 0 N–H and O–H groups in total. The first-order valence-corrected chi connectivity index (χ1v) is 7.47. The number of rotatable bonds is 1. The molecule has 21 heavy (non-hydrogen) atoms. The van der Waals surface area contributed by atoms with Gasteiger partial charge >= 0.3 is 5.69 Å². The van der Waals surface area contributed by atoms with Gasteiger partial charge in [0.05, 0.1) is 8.96 Å². The van der Waals surface area contributed by atoms with Gasteiger partial charge in [-0.25, -0.2) is 4.39 Å². The molecule has 5 heteroatoms. The third kappa shape index (κ3) is 1.77. The Hall–Kier alpha value is -2.02. The number of hydrogen-bond acceptors (Lipinski definition) is 1. The first-order chi connectivity index (χ1) is 10.2. The van der Waals surface area contributed by atoms with Crippen LogP contribution in [0.15, 0.2) is 59.7 Å². The Kier molecular flexibility index (Phi) is 2.72. The second kappa shape index (κ2) is 4.49. The maximum Gasteiger partial charge on any atom is 0.508 e. The van der Waals surface area contributed by atoms with Crippen LogP contribution >= 0.6 is 22.6 Å². The molecular formula is C16H9FIN2O+. The third-order valence-electron chi connectivity index (χ3n) is 3.60. The van der Waals surface area contributed by atoms with Gasteiger partial charge in [-0.05, 0) is 46.9 Å². The lowest BCUT2D eigenvalue weighted by Gasteiger charge is -2.04. The second-order valence-corrected chi connectivity index (χ2v) is 5.98. The number of halogens is 2. The Balaban J connectivity index is 2.20. The van der Waals surface area contributed by atoms with E-state index in [1.165, 1.54) is 10.6 Å². The van der Waals surface area contributed by atoms with Crippen LogP contribution in [-0.4, -0.2) is 4.40 Å². The number of hydrogen-bond donors (Lipinski definition) is 0. The van der Waals surface area contributed by atoms with E-state index in [2.05, 4.69) is 0 Å². The molecule has 4 rings (SSSR count). The van der Waals surface area contributed by atoms with Crippen LogP contribution < -0.4 is 10.3 Å². The molecule has 0 fully saturated rings. The molecule has 0 unspecified atom stereocenters. The van der Waals surface area contributed by atoms with Crippen LogP contribution in [0.1, 0.15) is 0 Å². The lowest BCUT2D eigenvalue weighted by molar-refractivity contribution is -0.617. The highest BCUT2D eigenvalue weighted by Gasteiger charge is 2.22. The zero-order valence-electron chi connectivity index (χ0n) is 10.8. The van der Waals surface area contributed by atoms with Gasteiger partial charge in [0.2, 0.25) is 0 Å². The highest BCUT2D eigenvalue weighted by Crippen LogP contribution is 2.20. The molecule has 102 valence electrons. The largest absolute Gasteiger partial charge is 0.508 e. The smallest absolute Gasteiger partial charge is 0.202 e. The molecule has 0 atom stereocenters. The summed E-state index contributed by atoms with van der Waals surface area (Å²) in [6.07, 6.45) is 3.43. The van der Waals surface area contributed by atoms with Crippen molar-refractivity contribution in [3.63, 3.8) is 0 Å².